The molecule has 180 valence electrons. The molecule has 2 saturated heterocycles. The van der Waals surface area contributed by atoms with E-state index in [1.807, 2.05) is 44.2 Å². The van der Waals surface area contributed by atoms with E-state index < -0.39 is 5.41 Å². The second-order valence-corrected chi connectivity index (χ2v) is 10.9. The van der Waals surface area contributed by atoms with Crippen LogP contribution in [0.1, 0.15) is 60.7 Å². The number of esters is 1. The van der Waals surface area contributed by atoms with Crippen molar-refractivity contribution in [1.29, 1.82) is 0 Å². The number of carbonyl (C=O) groups excluding carboxylic acids is 2. The molecular formula is C29H35NO4. The Morgan fingerprint density at radius 1 is 1.09 bits per heavy atom. The van der Waals surface area contributed by atoms with Crippen molar-refractivity contribution in [3.05, 3.63) is 64.7 Å². The summed E-state index contributed by atoms with van der Waals surface area (Å²) >= 11 is 0. The Labute approximate surface area is 202 Å². The molecule has 34 heavy (non-hydrogen) atoms. The minimum atomic E-state index is -1.22. The number of benzene rings is 2. The van der Waals surface area contributed by atoms with Crippen molar-refractivity contribution in [3.8, 4) is 5.75 Å². The van der Waals surface area contributed by atoms with E-state index in [1.165, 1.54) is 11.1 Å². The second kappa shape index (κ2) is 7.67. The Morgan fingerprint density at radius 3 is 2.44 bits per heavy atom. The zero-order chi connectivity index (χ0) is 24.5. The number of Topliss-reactive ketones (excluding diaryl/α,β-unsaturated/α-hetero) is 1. The van der Waals surface area contributed by atoms with Gasteiger partial charge in [0.2, 0.25) is 0 Å². The number of rotatable bonds is 5. The molecule has 4 bridgehead atoms. The van der Waals surface area contributed by atoms with Crippen LogP contribution < -0.4 is 4.74 Å². The summed E-state index contributed by atoms with van der Waals surface area (Å²) in [4.78, 5) is 30.3. The van der Waals surface area contributed by atoms with Crippen molar-refractivity contribution in [2.24, 2.45) is 10.8 Å². The van der Waals surface area contributed by atoms with Gasteiger partial charge in [-0.05, 0) is 68.8 Å². The number of ketones is 1. The van der Waals surface area contributed by atoms with Crippen LogP contribution in [0.2, 0.25) is 0 Å². The number of likely N-dealkylation sites (N-methyl/N-ethyl adjacent to an activating group) is 1. The summed E-state index contributed by atoms with van der Waals surface area (Å²) in [5, 5.41) is 0. The average molecular weight is 462 g/mol. The Hall–Kier alpha value is -2.66. The minimum Gasteiger partial charge on any atom is -0.497 e. The number of hydrogen-bond acceptors (Lipinski definition) is 5. The fraction of sp³-hybridized carbons (Fsp3) is 0.517. The van der Waals surface area contributed by atoms with Gasteiger partial charge in [0.05, 0.1) is 13.7 Å². The third-order valence-corrected chi connectivity index (χ3v) is 9.48. The molecule has 6 rings (SSSR count). The molecular weight excluding hydrogens is 426 g/mol. The number of fused-ring (bicyclic) bond motifs is 2. The van der Waals surface area contributed by atoms with E-state index in [-0.39, 0.29) is 41.3 Å². The first-order valence-electron chi connectivity index (χ1n) is 12.3. The molecule has 2 aliphatic carbocycles. The van der Waals surface area contributed by atoms with Crippen LogP contribution in [0.25, 0.3) is 0 Å². The molecule has 2 aromatic rings. The van der Waals surface area contributed by atoms with Gasteiger partial charge >= 0.3 is 5.97 Å². The highest BCUT2D eigenvalue weighted by Gasteiger charge is 2.74. The van der Waals surface area contributed by atoms with Crippen molar-refractivity contribution in [2.75, 3.05) is 20.8 Å². The Balaban J connectivity index is 1.68. The van der Waals surface area contributed by atoms with Crippen LogP contribution in [0.5, 0.6) is 5.75 Å². The van der Waals surface area contributed by atoms with Gasteiger partial charge in [-0.3, -0.25) is 14.5 Å². The number of carbonyl (C=O) groups is 2. The van der Waals surface area contributed by atoms with Gasteiger partial charge in [-0.15, -0.1) is 0 Å². The van der Waals surface area contributed by atoms with E-state index in [9.17, 15) is 9.59 Å². The second-order valence-electron chi connectivity index (χ2n) is 10.9. The molecule has 5 nitrogen and oxygen atoms in total. The third-order valence-electron chi connectivity index (χ3n) is 9.48. The molecule has 2 aliphatic heterocycles. The molecule has 0 N–H and O–H groups in total. The van der Waals surface area contributed by atoms with Crippen molar-refractivity contribution in [3.63, 3.8) is 0 Å². The molecule has 5 unspecified atom stereocenters. The smallest absolute Gasteiger partial charge is 0.321 e. The fourth-order valence-electron chi connectivity index (χ4n) is 7.45. The summed E-state index contributed by atoms with van der Waals surface area (Å²) in [6.07, 6.45) is 2.10. The highest BCUT2D eigenvalue weighted by atomic mass is 16.5. The third kappa shape index (κ3) is 2.82. The molecule has 0 amide bonds. The average Bonchev–Trinajstić information content (AvgIpc) is 2.82. The van der Waals surface area contributed by atoms with Gasteiger partial charge in [0, 0.05) is 23.1 Å². The van der Waals surface area contributed by atoms with Gasteiger partial charge in [0.1, 0.15) is 11.2 Å². The Kier molecular flexibility index (Phi) is 5.21. The molecule has 2 heterocycles. The van der Waals surface area contributed by atoms with E-state index in [2.05, 4.69) is 37.9 Å². The van der Waals surface area contributed by atoms with Crippen LogP contribution in [-0.2, 0) is 21.4 Å². The maximum absolute atomic E-state index is 14.2. The molecule has 1 saturated carbocycles. The number of hydrogen-bond donors (Lipinski definition) is 0. The first-order chi connectivity index (χ1) is 16.1. The highest BCUT2D eigenvalue weighted by Crippen LogP contribution is 2.68. The molecule has 5 atom stereocenters. The van der Waals surface area contributed by atoms with E-state index in [0.29, 0.717) is 18.4 Å². The summed E-state index contributed by atoms with van der Waals surface area (Å²) in [6, 6.07) is 14.0. The minimum absolute atomic E-state index is 0.110. The molecule has 0 spiro atoms. The van der Waals surface area contributed by atoms with Gasteiger partial charge in [-0.25, -0.2) is 0 Å². The summed E-state index contributed by atoms with van der Waals surface area (Å²) < 4.78 is 11.2. The number of aryl methyl sites for hydroxylation is 1. The number of piperidine rings is 2. The monoisotopic (exact) mass is 461 g/mol. The SMILES string of the molecule is CCOC(=O)C1(C(=O)c2ccc(C)cc2)CC2(C)C3Cc4ccc(OC)cc4C2(C)CC1N3C. The predicted octanol–water partition coefficient (Wildman–Crippen LogP) is 4.73. The quantitative estimate of drug-likeness (QED) is 0.366. The van der Waals surface area contributed by atoms with Gasteiger partial charge in [0.25, 0.3) is 0 Å². The van der Waals surface area contributed by atoms with Crippen molar-refractivity contribution < 1.29 is 19.1 Å². The standard InChI is InChI=1S/C29H35NO4/c1-7-34-26(32)29(25(31)19-10-8-18(2)9-11-19)17-28(4)23-14-20-12-13-21(33-6)15-22(20)27(28,3)16-24(29)30(23)5/h8-13,15,23-24H,7,14,16-17H2,1-6H3. The molecule has 5 heteroatoms. The zero-order valence-corrected chi connectivity index (χ0v) is 21.1. The number of ether oxygens (including phenoxy) is 2. The Bertz CT molecular complexity index is 1160. The molecule has 0 aromatic heterocycles. The predicted molar refractivity (Wildman–Crippen MR) is 131 cm³/mol. The number of nitrogens with zero attached hydrogens (tertiary/aromatic N) is 1. The first kappa shape index (κ1) is 23.1. The van der Waals surface area contributed by atoms with E-state index in [0.717, 1.165) is 17.7 Å². The number of methoxy groups -OCH3 is 1. The fourth-order valence-corrected chi connectivity index (χ4v) is 7.45. The van der Waals surface area contributed by atoms with E-state index >= 15 is 0 Å². The topological polar surface area (TPSA) is 55.8 Å². The van der Waals surface area contributed by atoms with Gasteiger partial charge in [0.15, 0.2) is 5.78 Å². The summed E-state index contributed by atoms with van der Waals surface area (Å²) in [5.41, 5.74) is 2.61. The Morgan fingerprint density at radius 2 is 1.79 bits per heavy atom. The highest BCUT2D eigenvalue weighted by molar-refractivity contribution is 6.13. The van der Waals surface area contributed by atoms with Gasteiger partial charge < -0.3 is 9.47 Å². The molecule has 4 aliphatic rings. The maximum Gasteiger partial charge on any atom is 0.321 e. The lowest BCUT2D eigenvalue weighted by atomic mass is 9.39. The van der Waals surface area contributed by atoms with Crippen molar-refractivity contribution in [2.45, 2.75) is 64.5 Å². The van der Waals surface area contributed by atoms with Crippen LogP contribution in [0.4, 0.5) is 0 Å². The normalized spacial score (nSPS) is 33.8. The summed E-state index contributed by atoms with van der Waals surface area (Å²) in [7, 11) is 3.79. The van der Waals surface area contributed by atoms with Crippen LogP contribution in [0, 0.1) is 17.8 Å². The van der Waals surface area contributed by atoms with Crippen molar-refractivity contribution >= 4 is 11.8 Å². The summed E-state index contributed by atoms with van der Waals surface area (Å²) in [5.74, 6) is 0.362. The molecule has 2 aromatic carbocycles. The van der Waals surface area contributed by atoms with E-state index in [1.54, 1.807) is 7.11 Å². The first-order valence-corrected chi connectivity index (χ1v) is 12.3. The van der Waals surface area contributed by atoms with Crippen LogP contribution in [0.3, 0.4) is 0 Å². The zero-order valence-electron chi connectivity index (χ0n) is 21.1. The molecule has 3 fully saturated rings. The van der Waals surface area contributed by atoms with Gasteiger partial charge in [-0.1, -0.05) is 49.7 Å². The van der Waals surface area contributed by atoms with Gasteiger partial charge in [-0.2, -0.15) is 0 Å². The molecule has 0 radical (unpaired) electrons. The van der Waals surface area contributed by atoms with Crippen molar-refractivity contribution in [1.82, 2.24) is 4.90 Å². The largest absolute Gasteiger partial charge is 0.497 e. The van der Waals surface area contributed by atoms with Crippen LogP contribution in [-0.4, -0.2) is 49.5 Å². The van der Waals surface area contributed by atoms with Crippen LogP contribution in [0.15, 0.2) is 42.5 Å². The van der Waals surface area contributed by atoms with Crippen LogP contribution >= 0.6 is 0 Å². The maximum atomic E-state index is 14.2. The lowest BCUT2D eigenvalue weighted by Gasteiger charge is -2.71. The lowest BCUT2D eigenvalue weighted by Crippen LogP contribution is -2.78. The van der Waals surface area contributed by atoms with E-state index in [4.69, 9.17) is 9.47 Å². The lowest BCUT2D eigenvalue weighted by molar-refractivity contribution is -0.196. The summed E-state index contributed by atoms with van der Waals surface area (Å²) in [6.45, 7) is 8.67.